The second-order valence-electron chi connectivity index (χ2n) is 10.4. The van der Waals surface area contributed by atoms with Gasteiger partial charge in [0, 0.05) is 23.2 Å². The van der Waals surface area contributed by atoms with Crippen LogP contribution in [0, 0.1) is 28.6 Å². The molecule has 3 fully saturated rings. The van der Waals surface area contributed by atoms with E-state index in [9.17, 15) is 24.6 Å². The topological polar surface area (TPSA) is 101 Å². The second kappa shape index (κ2) is 6.95. The number of halogens is 2. The number of alkyl halides is 2. The van der Waals surface area contributed by atoms with Gasteiger partial charge in [-0.1, -0.05) is 26.8 Å². The Morgan fingerprint density at radius 3 is 2.50 bits per heavy atom. The van der Waals surface area contributed by atoms with Crippen LogP contribution in [0.1, 0.15) is 53.4 Å². The van der Waals surface area contributed by atoms with Gasteiger partial charge in [-0.05, 0) is 55.7 Å². The van der Waals surface area contributed by atoms with Gasteiger partial charge in [-0.25, -0.2) is 13.6 Å². The first-order chi connectivity index (χ1) is 14.8. The maximum atomic E-state index is 17.5. The van der Waals surface area contributed by atoms with E-state index in [4.69, 9.17) is 4.74 Å². The highest BCUT2D eigenvalue weighted by atomic mass is 19.1. The normalized spacial score (nSPS) is 49.5. The molecule has 3 unspecified atom stereocenters. The first kappa shape index (κ1) is 23.1. The van der Waals surface area contributed by atoms with Crippen molar-refractivity contribution < 1.29 is 38.1 Å². The van der Waals surface area contributed by atoms with E-state index in [2.05, 4.69) is 0 Å². The first-order valence-corrected chi connectivity index (χ1v) is 11.2. The van der Waals surface area contributed by atoms with E-state index >= 15 is 8.78 Å². The van der Waals surface area contributed by atoms with Crippen LogP contribution in [0.5, 0.6) is 0 Å². The Hall–Kier alpha value is -2.09. The van der Waals surface area contributed by atoms with Crippen molar-refractivity contribution in [3.05, 3.63) is 23.8 Å². The number of hydrogen-bond acceptors (Lipinski definition) is 5. The van der Waals surface area contributed by atoms with E-state index in [1.165, 1.54) is 19.1 Å². The lowest BCUT2D eigenvalue weighted by Gasteiger charge is -2.63. The molecule has 0 aromatic rings. The van der Waals surface area contributed by atoms with Crippen LogP contribution < -0.4 is 0 Å². The van der Waals surface area contributed by atoms with Crippen LogP contribution in [0.2, 0.25) is 0 Å². The van der Waals surface area contributed by atoms with Gasteiger partial charge in [-0.2, -0.15) is 0 Å². The third kappa shape index (κ3) is 2.56. The largest absolute Gasteiger partial charge is 0.479 e. The van der Waals surface area contributed by atoms with E-state index in [-0.39, 0.29) is 31.3 Å². The molecule has 2 N–H and O–H groups in total. The summed E-state index contributed by atoms with van der Waals surface area (Å²) in [6.45, 7) is 6.27. The fraction of sp³-hybridized carbons (Fsp3) is 0.708. The Labute approximate surface area is 185 Å². The number of carboxylic acids is 1. The lowest BCUT2D eigenvalue weighted by atomic mass is 9.44. The minimum Gasteiger partial charge on any atom is -0.479 e. The summed E-state index contributed by atoms with van der Waals surface area (Å²) in [6.07, 6.45) is 0.368. The molecule has 9 atom stereocenters. The summed E-state index contributed by atoms with van der Waals surface area (Å²) in [4.78, 5) is 36.5. The Balaban J connectivity index is 1.93. The van der Waals surface area contributed by atoms with Crippen molar-refractivity contribution in [3.8, 4) is 0 Å². The zero-order chi connectivity index (χ0) is 23.9. The van der Waals surface area contributed by atoms with E-state index in [1.807, 2.05) is 0 Å². The zero-order valence-corrected chi connectivity index (χ0v) is 18.7. The van der Waals surface area contributed by atoms with Gasteiger partial charge < -0.3 is 14.9 Å². The predicted molar refractivity (Wildman–Crippen MR) is 110 cm³/mol. The number of hydrogen-bond donors (Lipinski definition) is 2. The number of fused-ring (bicyclic) bond motifs is 5. The number of ketones is 1. The third-order valence-corrected chi connectivity index (χ3v) is 9.07. The fourth-order valence-electron chi connectivity index (χ4n) is 7.33. The van der Waals surface area contributed by atoms with Gasteiger partial charge in [0.05, 0.1) is 0 Å². The highest BCUT2D eigenvalue weighted by Gasteiger charge is 2.77. The van der Waals surface area contributed by atoms with Gasteiger partial charge >= 0.3 is 11.9 Å². The molecule has 0 amide bonds. The summed E-state index contributed by atoms with van der Waals surface area (Å²) >= 11 is 0. The molecule has 8 heteroatoms. The molecule has 4 aliphatic carbocycles. The number of carbonyl (C=O) groups excluding carboxylic acids is 2. The van der Waals surface area contributed by atoms with Crippen LogP contribution in [0.25, 0.3) is 0 Å². The summed E-state index contributed by atoms with van der Waals surface area (Å²) < 4.78 is 38.6. The zero-order valence-electron chi connectivity index (χ0n) is 18.7. The molecule has 0 heterocycles. The van der Waals surface area contributed by atoms with Crippen LogP contribution in [0.3, 0.4) is 0 Å². The average molecular weight is 452 g/mol. The molecule has 3 saturated carbocycles. The van der Waals surface area contributed by atoms with E-state index in [0.29, 0.717) is 0 Å². The lowest BCUT2D eigenvalue weighted by molar-refractivity contribution is -0.237. The van der Waals surface area contributed by atoms with Crippen molar-refractivity contribution >= 4 is 17.7 Å². The molecule has 0 radical (unpaired) electrons. The van der Waals surface area contributed by atoms with E-state index < -0.39 is 69.9 Å². The van der Waals surface area contributed by atoms with Gasteiger partial charge in [-0.3, -0.25) is 9.59 Å². The van der Waals surface area contributed by atoms with Crippen LogP contribution in [0.4, 0.5) is 8.78 Å². The molecule has 176 valence electrons. The van der Waals surface area contributed by atoms with Crippen LogP contribution in [-0.4, -0.2) is 51.5 Å². The molecule has 0 aromatic carbocycles. The Morgan fingerprint density at radius 1 is 1.25 bits per heavy atom. The molecular formula is C24H30F2O6. The van der Waals surface area contributed by atoms with Crippen molar-refractivity contribution in [1.82, 2.24) is 0 Å². The first-order valence-electron chi connectivity index (χ1n) is 11.2. The second-order valence-corrected chi connectivity index (χ2v) is 10.4. The number of esters is 1. The number of carboxylic acid groups (broad SMARTS) is 1. The average Bonchev–Trinajstić information content (AvgIpc) is 2.93. The van der Waals surface area contributed by atoms with Gasteiger partial charge in [0.25, 0.3) is 0 Å². The van der Waals surface area contributed by atoms with Crippen LogP contribution >= 0.6 is 0 Å². The van der Waals surface area contributed by atoms with Gasteiger partial charge in [0.1, 0.15) is 12.3 Å². The molecule has 0 saturated heterocycles. The molecule has 6 nitrogen and oxygen atoms in total. The van der Waals surface area contributed by atoms with E-state index in [1.54, 1.807) is 20.8 Å². The van der Waals surface area contributed by atoms with E-state index in [0.717, 1.165) is 6.08 Å². The molecule has 0 aromatic heterocycles. The standard InChI is InChI=1S/C24H30F2O6/c1-5-19(28)32-18-11-22(4)14(8-12(2)24(22,31)20(29)30)15-10-17(25)16-9-13(27)6-7-21(16,3)23(15,18)26/h6-7,9,12,14-15,17-18,31H,5,8,10-11H2,1-4H3,(H,29,30)/t12-,14?,15?,17+,18?,21+,22+,23+,24+/m1/s1. The number of allylic oxidation sites excluding steroid dienone is 4. The van der Waals surface area contributed by atoms with Crippen molar-refractivity contribution in [2.45, 2.75) is 76.9 Å². The minimum absolute atomic E-state index is 0.0174. The highest BCUT2D eigenvalue weighted by Crippen LogP contribution is 2.71. The third-order valence-electron chi connectivity index (χ3n) is 9.07. The van der Waals surface area contributed by atoms with Gasteiger partial charge in [0.2, 0.25) is 0 Å². The summed E-state index contributed by atoms with van der Waals surface area (Å²) in [7, 11) is 0. The Morgan fingerprint density at radius 2 is 1.91 bits per heavy atom. The van der Waals surface area contributed by atoms with Crippen molar-refractivity contribution in [2.24, 2.45) is 28.6 Å². The minimum atomic E-state index is -2.27. The fourth-order valence-corrected chi connectivity index (χ4v) is 7.33. The lowest BCUT2D eigenvalue weighted by Crippen LogP contribution is -2.71. The number of carbonyl (C=O) groups is 3. The molecule has 32 heavy (non-hydrogen) atoms. The number of ether oxygens (including phenoxy) is 1. The monoisotopic (exact) mass is 452 g/mol. The number of aliphatic hydroxyl groups is 1. The van der Waals surface area contributed by atoms with Crippen LogP contribution in [0.15, 0.2) is 23.8 Å². The number of rotatable bonds is 3. The van der Waals surface area contributed by atoms with Crippen LogP contribution in [-0.2, 0) is 19.1 Å². The smallest absolute Gasteiger partial charge is 0.336 e. The van der Waals surface area contributed by atoms with Crippen molar-refractivity contribution in [2.75, 3.05) is 0 Å². The molecule has 4 aliphatic rings. The summed E-state index contributed by atoms with van der Waals surface area (Å²) in [5, 5.41) is 21.3. The van der Waals surface area contributed by atoms with Gasteiger partial charge in [0.15, 0.2) is 17.1 Å². The molecule has 0 spiro atoms. The Kier molecular flexibility index (Phi) is 5.02. The Bertz CT molecular complexity index is 945. The SMILES string of the molecule is CCC(=O)OC1C[C@@]2(C)C(C[C@@H](C)[C@]2(O)C(=O)O)C2C[C@H](F)C3=CC(=O)C=C[C@]3(C)[C@@]12F. The summed E-state index contributed by atoms with van der Waals surface area (Å²) in [5.41, 5.74) is -7.29. The molecule has 0 bridgehead atoms. The summed E-state index contributed by atoms with van der Waals surface area (Å²) in [6, 6.07) is 0. The maximum Gasteiger partial charge on any atom is 0.336 e. The van der Waals surface area contributed by atoms with Gasteiger partial charge in [-0.15, -0.1) is 0 Å². The predicted octanol–water partition coefficient (Wildman–Crippen LogP) is 3.33. The quantitative estimate of drug-likeness (QED) is 0.637. The highest BCUT2D eigenvalue weighted by molar-refractivity contribution is 6.01. The summed E-state index contributed by atoms with van der Waals surface area (Å²) in [5.74, 6) is -4.87. The molecule has 0 aliphatic heterocycles. The number of aliphatic carboxylic acids is 1. The molecule has 4 rings (SSSR count). The van der Waals surface area contributed by atoms with Crippen molar-refractivity contribution in [1.29, 1.82) is 0 Å². The van der Waals surface area contributed by atoms with Crippen molar-refractivity contribution in [3.63, 3.8) is 0 Å². The molecular weight excluding hydrogens is 422 g/mol. The maximum absolute atomic E-state index is 17.5.